The lowest BCUT2D eigenvalue weighted by atomic mass is 9.90. The lowest BCUT2D eigenvalue weighted by Crippen LogP contribution is -2.40. The molecule has 0 bridgehead atoms. The van der Waals surface area contributed by atoms with Crippen LogP contribution in [-0.4, -0.2) is 34.9 Å². The summed E-state index contributed by atoms with van der Waals surface area (Å²) in [5, 5.41) is 5.78. The number of aromatic amines is 1. The number of nitrogens with zero attached hydrogens (tertiary/aromatic N) is 2. The second-order valence-electron chi connectivity index (χ2n) is 9.05. The minimum atomic E-state index is -0.961. The van der Waals surface area contributed by atoms with Gasteiger partial charge in [-0.3, -0.25) is 19.4 Å². The molecule has 0 aliphatic carbocycles. The van der Waals surface area contributed by atoms with Crippen molar-refractivity contribution < 1.29 is 9.59 Å². The molecule has 0 radical (unpaired) electrons. The monoisotopic (exact) mass is 491 g/mol. The van der Waals surface area contributed by atoms with Gasteiger partial charge in [-0.15, -0.1) is 0 Å². The summed E-state index contributed by atoms with van der Waals surface area (Å²) in [6, 6.07) is 17.2. The van der Waals surface area contributed by atoms with E-state index in [9.17, 15) is 14.4 Å². The topological polar surface area (TPSA) is 107 Å². The van der Waals surface area contributed by atoms with E-state index in [4.69, 9.17) is 11.6 Å². The second kappa shape index (κ2) is 9.92. The number of amides is 2. The number of carbonyl (C=O) groups excluding carboxylic acids is 2. The largest absolute Gasteiger partial charge is 0.342 e. The molecule has 2 aliphatic heterocycles. The van der Waals surface area contributed by atoms with E-state index >= 15 is 0 Å². The highest BCUT2D eigenvalue weighted by Crippen LogP contribution is 2.32. The Morgan fingerprint density at radius 1 is 1.06 bits per heavy atom. The van der Waals surface area contributed by atoms with Crippen molar-refractivity contribution in [2.75, 3.05) is 28.6 Å². The molecular weight excluding hydrogens is 466 g/mol. The predicted octanol–water partition coefficient (Wildman–Crippen LogP) is 3.95. The first-order valence-electron chi connectivity index (χ1n) is 11.8. The van der Waals surface area contributed by atoms with Gasteiger partial charge < -0.3 is 15.5 Å². The van der Waals surface area contributed by atoms with E-state index in [-0.39, 0.29) is 23.7 Å². The molecule has 1 fully saturated rings. The van der Waals surface area contributed by atoms with Crippen molar-refractivity contribution in [3.8, 4) is 0 Å². The van der Waals surface area contributed by atoms with Gasteiger partial charge in [-0.05, 0) is 42.9 Å². The number of piperidine rings is 1. The molecule has 5 rings (SSSR count). The van der Waals surface area contributed by atoms with Gasteiger partial charge in [-0.25, -0.2) is 0 Å². The molecule has 35 heavy (non-hydrogen) atoms. The molecule has 2 amide bonds. The summed E-state index contributed by atoms with van der Waals surface area (Å²) in [6.07, 6.45) is 2.84. The Bertz CT molecular complexity index is 1300. The molecule has 8 nitrogen and oxygen atoms in total. The smallest absolute Gasteiger partial charge is 0.258 e. The van der Waals surface area contributed by atoms with Gasteiger partial charge in [0.25, 0.3) is 5.56 Å². The van der Waals surface area contributed by atoms with Gasteiger partial charge in [0.15, 0.2) is 0 Å². The van der Waals surface area contributed by atoms with Crippen LogP contribution in [0.4, 0.5) is 17.5 Å². The number of fused-ring (bicyclic) bond motifs is 1. The maximum absolute atomic E-state index is 13.1. The fraction of sp³-hybridized carbons (Fsp3) is 0.308. The van der Waals surface area contributed by atoms with E-state index < -0.39 is 17.4 Å². The minimum absolute atomic E-state index is 0.141. The number of carbonyl (C=O) groups is 2. The summed E-state index contributed by atoms with van der Waals surface area (Å²) >= 11 is 6.15. The second-order valence-corrected chi connectivity index (χ2v) is 9.45. The molecule has 3 N–H and O–H groups in total. The van der Waals surface area contributed by atoms with Crippen molar-refractivity contribution in [1.82, 2.24) is 9.97 Å². The van der Waals surface area contributed by atoms with E-state index in [1.165, 1.54) is 5.56 Å². The summed E-state index contributed by atoms with van der Waals surface area (Å²) < 4.78 is 0. The third kappa shape index (κ3) is 5.07. The first-order valence-corrected chi connectivity index (χ1v) is 12.1. The van der Waals surface area contributed by atoms with Crippen LogP contribution in [0, 0.1) is 5.92 Å². The molecular formula is C26H26ClN5O3. The summed E-state index contributed by atoms with van der Waals surface area (Å²) in [5.41, 5.74) is 1.49. The number of anilines is 3. The predicted molar refractivity (Wildman–Crippen MR) is 136 cm³/mol. The fourth-order valence-electron chi connectivity index (χ4n) is 4.81. The fourth-order valence-corrected chi connectivity index (χ4v) is 4.99. The van der Waals surface area contributed by atoms with Gasteiger partial charge in [0, 0.05) is 19.5 Å². The minimum Gasteiger partial charge on any atom is -0.342 e. The summed E-state index contributed by atoms with van der Waals surface area (Å²) in [5.74, 6) is -0.670. The normalized spacial score (nSPS) is 18.0. The van der Waals surface area contributed by atoms with E-state index in [0.29, 0.717) is 22.6 Å². The van der Waals surface area contributed by atoms with Gasteiger partial charge in [-0.2, -0.15) is 4.98 Å². The average Bonchev–Trinajstić information content (AvgIpc) is 2.85. The highest BCUT2D eigenvalue weighted by Gasteiger charge is 2.35. The van der Waals surface area contributed by atoms with E-state index in [2.05, 4.69) is 44.9 Å². The quantitative estimate of drug-likeness (QED) is 0.501. The molecule has 180 valence electrons. The van der Waals surface area contributed by atoms with Crippen LogP contribution in [0.2, 0.25) is 5.02 Å². The number of H-pyrrole nitrogens is 1. The molecule has 1 saturated heterocycles. The number of rotatable bonds is 5. The highest BCUT2D eigenvalue weighted by atomic mass is 35.5. The lowest BCUT2D eigenvalue weighted by Gasteiger charge is -2.33. The van der Waals surface area contributed by atoms with Crippen LogP contribution in [-0.2, 0) is 16.0 Å². The van der Waals surface area contributed by atoms with E-state index in [0.717, 1.165) is 32.4 Å². The van der Waals surface area contributed by atoms with Crippen molar-refractivity contribution in [3.05, 3.63) is 81.1 Å². The van der Waals surface area contributed by atoms with Crippen molar-refractivity contribution in [1.29, 1.82) is 0 Å². The Morgan fingerprint density at radius 2 is 1.77 bits per heavy atom. The lowest BCUT2D eigenvalue weighted by molar-refractivity contribution is -0.123. The maximum atomic E-state index is 13.1. The first-order chi connectivity index (χ1) is 17.0. The third-order valence-electron chi connectivity index (χ3n) is 6.67. The van der Waals surface area contributed by atoms with Gasteiger partial charge in [0.05, 0.1) is 22.2 Å². The number of aromatic nitrogens is 2. The highest BCUT2D eigenvalue weighted by molar-refractivity contribution is 6.33. The van der Waals surface area contributed by atoms with Crippen LogP contribution < -0.4 is 21.1 Å². The zero-order valence-electron chi connectivity index (χ0n) is 19.1. The molecule has 2 aromatic carbocycles. The Morgan fingerprint density at radius 3 is 2.51 bits per heavy atom. The number of hydrogen-bond donors (Lipinski definition) is 3. The molecule has 0 spiro atoms. The summed E-state index contributed by atoms with van der Waals surface area (Å²) in [6.45, 7) is 1.51. The first kappa shape index (κ1) is 23.1. The van der Waals surface area contributed by atoms with Crippen LogP contribution in [0.5, 0.6) is 0 Å². The number of hydrogen-bond acceptors (Lipinski definition) is 5. The molecule has 1 aromatic heterocycles. The van der Waals surface area contributed by atoms with Crippen LogP contribution >= 0.6 is 11.6 Å². The SMILES string of the molecule is O=C1C[C@H](C(=O)Nc2ccccc2Cl)c2c(nc(N3CCC(Cc4ccccc4)CC3)[nH]c2=O)N1. The standard InChI is InChI=1S/C26H26ClN5O3/c27-19-8-4-5-9-20(19)28-24(34)18-15-21(33)29-23-22(18)25(35)31-26(30-23)32-12-10-17(11-13-32)14-16-6-2-1-3-7-16/h1-9,17-18H,10-15H2,(H,28,34)(H2,29,30,31,33,35)/t18-/m0/s1. The van der Waals surface area contributed by atoms with E-state index in [1.54, 1.807) is 24.3 Å². The van der Waals surface area contributed by atoms with Crippen molar-refractivity contribution >= 4 is 40.9 Å². The maximum Gasteiger partial charge on any atom is 0.258 e. The summed E-state index contributed by atoms with van der Waals surface area (Å²) in [4.78, 5) is 47.9. The average molecular weight is 492 g/mol. The third-order valence-corrected chi connectivity index (χ3v) is 7.00. The van der Waals surface area contributed by atoms with Crippen LogP contribution in [0.1, 0.15) is 36.3 Å². The molecule has 2 aliphatic rings. The Labute approximate surface area is 207 Å². The molecule has 3 heterocycles. The molecule has 3 aromatic rings. The number of halogens is 1. The van der Waals surface area contributed by atoms with Gasteiger partial charge in [0.2, 0.25) is 17.8 Å². The van der Waals surface area contributed by atoms with Crippen LogP contribution in [0.25, 0.3) is 0 Å². The number of benzene rings is 2. The van der Waals surface area contributed by atoms with Crippen LogP contribution in [0.15, 0.2) is 59.4 Å². The zero-order valence-corrected chi connectivity index (χ0v) is 19.8. The molecule has 0 saturated carbocycles. The zero-order chi connectivity index (χ0) is 24.4. The van der Waals surface area contributed by atoms with Crippen molar-refractivity contribution in [2.45, 2.75) is 31.6 Å². The number of para-hydroxylation sites is 1. The number of nitrogens with one attached hydrogen (secondary N) is 3. The van der Waals surface area contributed by atoms with Gasteiger partial charge >= 0.3 is 0 Å². The Hall–Kier alpha value is -3.65. The molecule has 9 heteroatoms. The van der Waals surface area contributed by atoms with E-state index in [1.807, 2.05) is 11.0 Å². The van der Waals surface area contributed by atoms with Gasteiger partial charge in [0.1, 0.15) is 5.82 Å². The van der Waals surface area contributed by atoms with Crippen molar-refractivity contribution in [2.24, 2.45) is 5.92 Å². The molecule has 1 atom stereocenters. The van der Waals surface area contributed by atoms with Gasteiger partial charge in [-0.1, -0.05) is 54.1 Å². The van der Waals surface area contributed by atoms with Crippen molar-refractivity contribution in [3.63, 3.8) is 0 Å². The Kier molecular flexibility index (Phi) is 6.55. The summed E-state index contributed by atoms with van der Waals surface area (Å²) in [7, 11) is 0. The molecule has 0 unspecified atom stereocenters. The Balaban J connectivity index is 1.32. The van der Waals surface area contributed by atoms with Crippen LogP contribution in [0.3, 0.4) is 0 Å².